The molecule has 4 rings (SSSR count). The summed E-state index contributed by atoms with van der Waals surface area (Å²) >= 11 is 0. The number of benzene rings is 2. The summed E-state index contributed by atoms with van der Waals surface area (Å²) in [5.41, 5.74) is 2.34. The van der Waals surface area contributed by atoms with Crippen molar-refractivity contribution < 1.29 is 14.0 Å². The molecule has 0 N–H and O–H groups in total. The molecule has 5 nitrogen and oxygen atoms in total. The van der Waals surface area contributed by atoms with E-state index in [2.05, 4.69) is 4.98 Å². The summed E-state index contributed by atoms with van der Waals surface area (Å²) in [5, 5.41) is 0. The van der Waals surface area contributed by atoms with Gasteiger partial charge in [-0.05, 0) is 36.4 Å². The average molecular weight is 389 g/mol. The number of carbonyl (C=O) groups is 2. The third-order valence-electron chi connectivity index (χ3n) is 5.03. The van der Waals surface area contributed by atoms with Crippen molar-refractivity contribution in [3.05, 3.63) is 89.9 Å². The summed E-state index contributed by atoms with van der Waals surface area (Å²) in [7, 11) is 0. The van der Waals surface area contributed by atoms with E-state index >= 15 is 0 Å². The Morgan fingerprint density at radius 3 is 2.17 bits per heavy atom. The van der Waals surface area contributed by atoms with Crippen LogP contribution >= 0.6 is 0 Å². The van der Waals surface area contributed by atoms with Crippen LogP contribution in [0.3, 0.4) is 0 Å². The van der Waals surface area contributed by atoms with Gasteiger partial charge in [0.05, 0.1) is 11.3 Å². The van der Waals surface area contributed by atoms with Crippen LogP contribution in [0.25, 0.3) is 11.3 Å². The summed E-state index contributed by atoms with van der Waals surface area (Å²) in [6, 6.07) is 19.0. The van der Waals surface area contributed by atoms with E-state index in [4.69, 9.17) is 0 Å². The molecule has 1 aliphatic rings. The fourth-order valence-electron chi connectivity index (χ4n) is 3.45. The van der Waals surface area contributed by atoms with E-state index < -0.39 is 5.82 Å². The second kappa shape index (κ2) is 8.22. The van der Waals surface area contributed by atoms with Crippen molar-refractivity contribution in [3.8, 4) is 11.3 Å². The second-order valence-corrected chi connectivity index (χ2v) is 6.86. The molecule has 146 valence electrons. The zero-order valence-electron chi connectivity index (χ0n) is 15.8. The Morgan fingerprint density at radius 2 is 1.48 bits per heavy atom. The van der Waals surface area contributed by atoms with Crippen LogP contribution in [0.1, 0.15) is 20.7 Å². The summed E-state index contributed by atoms with van der Waals surface area (Å²) in [4.78, 5) is 33.1. The highest BCUT2D eigenvalue weighted by Gasteiger charge is 2.26. The lowest BCUT2D eigenvalue weighted by Crippen LogP contribution is -2.50. The lowest BCUT2D eigenvalue weighted by Gasteiger charge is -2.35. The molecule has 0 saturated carbocycles. The number of hydrogen-bond donors (Lipinski definition) is 0. The van der Waals surface area contributed by atoms with E-state index in [1.165, 1.54) is 12.1 Å². The van der Waals surface area contributed by atoms with Crippen LogP contribution in [0.15, 0.2) is 72.9 Å². The Hall–Kier alpha value is -3.54. The quantitative estimate of drug-likeness (QED) is 0.689. The summed E-state index contributed by atoms with van der Waals surface area (Å²) in [6.07, 6.45) is 1.72. The van der Waals surface area contributed by atoms with Gasteiger partial charge in [0.1, 0.15) is 5.82 Å². The predicted octanol–water partition coefficient (Wildman–Crippen LogP) is 3.49. The third-order valence-corrected chi connectivity index (χ3v) is 5.03. The lowest BCUT2D eigenvalue weighted by atomic mass is 10.1. The van der Waals surface area contributed by atoms with Gasteiger partial charge in [0.2, 0.25) is 0 Å². The molecule has 1 aromatic heterocycles. The second-order valence-electron chi connectivity index (χ2n) is 6.86. The minimum atomic E-state index is -0.526. The molecule has 0 spiro atoms. The highest BCUT2D eigenvalue weighted by atomic mass is 19.1. The first-order valence-corrected chi connectivity index (χ1v) is 9.48. The zero-order valence-corrected chi connectivity index (χ0v) is 15.8. The number of aromatic nitrogens is 1. The molecule has 2 heterocycles. The smallest absolute Gasteiger partial charge is 0.256 e. The number of rotatable bonds is 3. The van der Waals surface area contributed by atoms with Gasteiger partial charge < -0.3 is 9.80 Å². The van der Waals surface area contributed by atoms with Crippen LogP contribution in [0.5, 0.6) is 0 Å². The molecular weight excluding hydrogens is 369 g/mol. The van der Waals surface area contributed by atoms with Crippen LogP contribution < -0.4 is 0 Å². The standard InChI is InChI=1S/C23H20FN3O2/c24-20-9-2-1-8-19(20)23(29)27-14-12-26(13-15-27)22(28)18-7-5-6-17(16-18)21-10-3-4-11-25-21/h1-11,16H,12-15H2. The number of carbonyl (C=O) groups excluding carboxylic acids is 2. The topological polar surface area (TPSA) is 53.5 Å². The van der Waals surface area contributed by atoms with E-state index in [9.17, 15) is 14.0 Å². The monoisotopic (exact) mass is 389 g/mol. The van der Waals surface area contributed by atoms with Crippen molar-refractivity contribution in [3.63, 3.8) is 0 Å². The van der Waals surface area contributed by atoms with Gasteiger partial charge in [-0.2, -0.15) is 0 Å². The van der Waals surface area contributed by atoms with Crippen LogP contribution in [0.2, 0.25) is 0 Å². The first-order valence-electron chi connectivity index (χ1n) is 9.48. The van der Waals surface area contributed by atoms with Crippen molar-refractivity contribution in [1.29, 1.82) is 0 Å². The summed E-state index contributed by atoms with van der Waals surface area (Å²) in [5.74, 6) is -0.949. The minimum Gasteiger partial charge on any atom is -0.335 e. The first-order chi connectivity index (χ1) is 14.1. The average Bonchev–Trinajstić information content (AvgIpc) is 2.79. The molecule has 2 aromatic carbocycles. The highest BCUT2D eigenvalue weighted by Crippen LogP contribution is 2.20. The third kappa shape index (κ3) is 4.01. The summed E-state index contributed by atoms with van der Waals surface area (Å²) < 4.78 is 13.9. The SMILES string of the molecule is O=C(c1cccc(-c2ccccn2)c1)N1CCN(C(=O)c2ccccc2F)CC1. The predicted molar refractivity (Wildman–Crippen MR) is 108 cm³/mol. The Kier molecular flexibility index (Phi) is 5.33. The van der Waals surface area contributed by atoms with Crippen molar-refractivity contribution in [1.82, 2.24) is 14.8 Å². The Labute approximate surface area is 168 Å². The van der Waals surface area contributed by atoms with E-state index in [0.29, 0.717) is 31.7 Å². The van der Waals surface area contributed by atoms with Gasteiger partial charge >= 0.3 is 0 Å². The van der Waals surface area contributed by atoms with E-state index in [1.807, 2.05) is 36.4 Å². The Morgan fingerprint density at radius 1 is 0.793 bits per heavy atom. The molecule has 29 heavy (non-hydrogen) atoms. The molecule has 0 aliphatic carbocycles. The molecule has 6 heteroatoms. The molecule has 1 fully saturated rings. The van der Waals surface area contributed by atoms with E-state index in [1.54, 1.807) is 34.2 Å². The van der Waals surface area contributed by atoms with Crippen LogP contribution in [-0.4, -0.2) is 52.8 Å². The van der Waals surface area contributed by atoms with Crippen molar-refractivity contribution >= 4 is 11.8 Å². The van der Waals surface area contributed by atoms with E-state index in [-0.39, 0.29) is 17.4 Å². The molecule has 3 aromatic rings. The molecule has 0 bridgehead atoms. The van der Waals surface area contributed by atoms with Gasteiger partial charge in [-0.3, -0.25) is 14.6 Å². The van der Waals surface area contributed by atoms with E-state index in [0.717, 1.165) is 11.3 Å². The maximum absolute atomic E-state index is 13.9. The van der Waals surface area contributed by atoms with Gasteiger partial charge in [-0.25, -0.2) is 4.39 Å². The first kappa shape index (κ1) is 18.8. The van der Waals surface area contributed by atoms with Gasteiger partial charge in [0.25, 0.3) is 11.8 Å². The van der Waals surface area contributed by atoms with Crippen LogP contribution in [0.4, 0.5) is 4.39 Å². The number of halogens is 1. The highest BCUT2D eigenvalue weighted by molar-refractivity contribution is 5.96. The van der Waals surface area contributed by atoms with Crippen molar-refractivity contribution in [2.45, 2.75) is 0 Å². The fraction of sp³-hybridized carbons (Fsp3) is 0.174. The minimum absolute atomic E-state index is 0.0651. The Balaban J connectivity index is 1.43. The number of nitrogens with zero attached hydrogens (tertiary/aromatic N) is 3. The van der Waals surface area contributed by atoms with Gasteiger partial charge in [0.15, 0.2) is 0 Å². The largest absolute Gasteiger partial charge is 0.335 e. The molecule has 2 amide bonds. The molecule has 0 unspecified atom stereocenters. The molecule has 0 radical (unpaired) electrons. The van der Waals surface area contributed by atoms with Gasteiger partial charge in [-0.1, -0.05) is 30.3 Å². The van der Waals surface area contributed by atoms with Gasteiger partial charge in [0, 0.05) is 43.5 Å². The summed E-state index contributed by atoms with van der Waals surface area (Å²) in [6.45, 7) is 1.57. The lowest BCUT2D eigenvalue weighted by molar-refractivity contribution is 0.0533. The molecule has 1 saturated heterocycles. The van der Waals surface area contributed by atoms with Crippen molar-refractivity contribution in [2.75, 3.05) is 26.2 Å². The maximum Gasteiger partial charge on any atom is 0.256 e. The maximum atomic E-state index is 13.9. The number of hydrogen-bond acceptors (Lipinski definition) is 3. The number of amides is 2. The van der Waals surface area contributed by atoms with Crippen LogP contribution in [-0.2, 0) is 0 Å². The Bertz CT molecular complexity index is 1030. The van der Waals surface area contributed by atoms with Gasteiger partial charge in [-0.15, -0.1) is 0 Å². The molecular formula is C23H20FN3O2. The number of pyridine rings is 1. The normalized spacial score (nSPS) is 14.0. The fourth-order valence-corrected chi connectivity index (χ4v) is 3.45. The van der Waals surface area contributed by atoms with Crippen molar-refractivity contribution in [2.24, 2.45) is 0 Å². The van der Waals surface area contributed by atoms with Crippen LogP contribution in [0, 0.1) is 5.82 Å². The molecule has 1 aliphatic heterocycles. The molecule has 0 atom stereocenters. The zero-order chi connectivity index (χ0) is 20.2. The number of piperazine rings is 1.